The van der Waals surface area contributed by atoms with Crippen molar-refractivity contribution in [2.45, 2.75) is 45.6 Å². The fourth-order valence-electron chi connectivity index (χ4n) is 3.93. The quantitative estimate of drug-likeness (QED) is 0.695. The van der Waals surface area contributed by atoms with Crippen molar-refractivity contribution >= 4 is 6.03 Å². The second-order valence-electron chi connectivity index (χ2n) is 8.00. The maximum atomic E-state index is 12.1. The van der Waals surface area contributed by atoms with Crippen LogP contribution in [0.1, 0.15) is 38.7 Å². The molecule has 0 spiro atoms. The predicted molar refractivity (Wildman–Crippen MR) is 111 cm³/mol. The van der Waals surface area contributed by atoms with Crippen LogP contribution in [0, 0.1) is 5.92 Å². The van der Waals surface area contributed by atoms with Gasteiger partial charge in [-0.05, 0) is 62.8 Å². The molecule has 0 aromatic heterocycles. The van der Waals surface area contributed by atoms with Gasteiger partial charge in [-0.3, -0.25) is 0 Å². The number of benzene rings is 1. The van der Waals surface area contributed by atoms with Gasteiger partial charge in [0.05, 0.1) is 7.11 Å². The molecule has 2 rings (SSSR count). The number of hydrogen-bond acceptors (Lipinski definition) is 3. The van der Waals surface area contributed by atoms with E-state index < -0.39 is 0 Å². The Morgan fingerprint density at radius 3 is 2.37 bits per heavy atom. The van der Waals surface area contributed by atoms with Crippen LogP contribution in [-0.2, 0) is 6.42 Å². The van der Waals surface area contributed by atoms with Crippen LogP contribution in [0.2, 0.25) is 0 Å². The first kappa shape index (κ1) is 21.5. The van der Waals surface area contributed by atoms with E-state index in [0.717, 1.165) is 51.2 Å². The van der Waals surface area contributed by atoms with E-state index in [1.807, 2.05) is 31.1 Å². The molecule has 1 aromatic rings. The van der Waals surface area contributed by atoms with Crippen molar-refractivity contribution in [1.82, 2.24) is 14.7 Å². The van der Waals surface area contributed by atoms with Gasteiger partial charge in [-0.25, -0.2) is 4.79 Å². The molecule has 0 N–H and O–H groups in total. The summed E-state index contributed by atoms with van der Waals surface area (Å²) in [6.07, 6.45) is 4.44. The summed E-state index contributed by atoms with van der Waals surface area (Å²) in [4.78, 5) is 18.4. The first-order valence-corrected chi connectivity index (χ1v) is 10.3. The van der Waals surface area contributed by atoms with Crippen LogP contribution in [0.15, 0.2) is 24.3 Å². The van der Waals surface area contributed by atoms with E-state index in [9.17, 15) is 4.79 Å². The summed E-state index contributed by atoms with van der Waals surface area (Å²) in [5.41, 5.74) is 1.36. The van der Waals surface area contributed by atoms with Crippen LogP contribution in [0.5, 0.6) is 5.75 Å². The average molecular weight is 376 g/mol. The van der Waals surface area contributed by atoms with Crippen LogP contribution in [0.3, 0.4) is 0 Å². The van der Waals surface area contributed by atoms with Gasteiger partial charge in [0, 0.05) is 39.8 Å². The highest BCUT2D eigenvalue weighted by atomic mass is 16.5. The lowest BCUT2D eigenvalue weighted by Gasteiger charge is -2.37. The maximum absolute atomic E-state index is 12.1. The number of carbonyl (C=O) groups is 1. The number of rotatable bonds is 8. The van der Waals surface area contributed by atoms with E-state index >= 15 is 0 Å². The third-order valence-corrected chi connectivity index (χ3v) is 5.58. The molecule has 1 aliphatic heterocycles. The summed E-state index contributed by atoms with van der Waals surface area (Å²) in [7, 11) is 5.37. The molecular weight excluding hydrogens is 338 g/mol. The second-order valence-corrected chi connectivity index (χ2v) is 8.00. The summed E-state index contributed by atoms with van der Waals surface area (Å²) in [5.74, 6) is 1.59. The normalized spacial score (nSPS) is 16.4. The van der Waals surface area contributed by atoms with Gasteiger partial charge in [0.15, 0.2) is 0 Å². The summed E-state index contributed by atoms with van der Waals surface area (Å²) >= 11 is 0. The number of carbonyl (C=O) groups excluding carboxylic acids is 1. The van der Waals surface area contributed by atoms with Gasteiger partial charge in [-0.2, -0.15) is 0 Å². The standard InChI is InChI=1S/C22H37N3O2/c1-6-13-25(18(2)16-19-7-9-21(27-5)10-8-19)17-20-11-14-24(15-12-20)22(26)23(3)4/h7-10,18,20H,6,11-17H2,1-5H3. The SMILES string of the molecule is CCCN(CC1CCN(C(=O)N(C)C)CC1)C(C)Cc1ccc(OC)cc1. The monoisotopic (exact) mass is 375 g/mol. The Hall–Kier alpha value is -1.75. The van der Waals surface area contributed by atoms with Crippen LogP contribution >= 0.6 is 0 Å². The minimum Gasteiger partial charge on any atom is -0.497 e. The van der Waals surface area contributed by atoms with Crippen molar-refractivity contribution < 1.29 is 9.53 Å². The lowest BCUT2D eigenvalue weighted by atomic mass is 9.95. The largest absolute Gasteiger partial charge is 0.497 e. The van der Waals surface area contributed by atoms with E-state index in [-0.39, 0.29) is 6.03 Å². The van der Waals surface area contributed by atoms with E-state index in [1.54, 1.807) is 12.0 Å². The van der Waals surface area contributed by atoms with Crippen molar-refractivity contribution in [3.05, 3.63) is 29.8 Å². The molecule has 1 saturated heterocycles. The summed E-state index contributed by atoms with van der Waals surface area (Å²) in [5, 5.41) is 0. The zero-order chi connectivity index (χ0) is 19.8. The number of piperidine rings is 1. The average Bonchev–Trinajstić information content (AvgIpc) is 2.68. The Morgan fingerprint density at radius 2 is 1.85 bits per heavy atom. The zero-order valence-corrected chi connectivity index (χ0v) is 17.8. The van der Waals surface area contributed by atoms with Crippen molar-refractivity contribution in [3.63, 3.8) is 0 Å². The molecule has 1 aromatic carbocycles. The summed E-state index contributed by atoms with van der Waals surface area (Å²) in [6, 6.07) is 9.09. The van der Waals surface area contributed by atoms with Crippen molar-refractivity contribution in [1.29, 1.82) is 0 Å². The molecule has 1 heterocycles. The van der Waals surface area contributed by atoms with Crippen LogP contribution < -0.4 is 4.74 Å². The topological polar surface area (TPSA) is 36.0 Å². The zero-order valence-electron chi connectivity index (χ0n) is 17.8. The van der Waals surface area contributed by atoms with Gasteiger partial charge in [0.25, 0.3) is 0 Å². The third kappa shape index (κ3) is 6.42. The molecule has 0 bridgehead atoms. The number of methoxy groups -OCH3 is 1. The van der Waals surface area contributed by atoms with Crippen molar-refractivity contribution in [3.8, 4) is 5.75 Å². The molecule has 0 radical (unpaired) electrons. The molecule has 1 atom stereocenters. The number of urea groups is 1. The highest BCUT2D eigenvalue weighted by Crippen LogP contribution is 2.22. The lowest BCUT2D eigenvalue weighted by molar-refractivity contribution is 0.118. The first-order chi connectivity index (χ1) is 12.9. The third-order valence-electron chi connectivity index (χ3n) is 5.58. The van der Waals surface area contributed by atoms with Gasteiger partial charge in [-0.15, -0.1) is 0 Å². The smallest absolute Gasteiger partial charge is 0.319 e. The molecule has 1 unspecified atom stereocenters. The molecule has 27 heavy (non-hydrogen) atoms. The van der Waals surface area contributed by atoms with Crippen LogP contribution in [0.4, 0.5) is 4.79 Å². The minimum atomic E-state index is 0.145. The highest BCUT2D eigenvalue weighted by Gasteiger charge is 2.26. The highest BCUT2D eigenvalue weighted by molar-refractivity contribution is 5.73. The van der Waals surface area contributed by atoms with Gasteiger partial charge in [-0.1, -0.05) is 19.1 Å². The van der Waals surface area contributed by atoms with Crippen molar-refractivity contribution in [2.75, 3.05) is 47.4 Å². The molecule has 5 heteroatoms. The summed E-state index contributed by atoms with van der Waals surface area (Å²) in [6.45, 7) is 8.63. The Morgan fingerprint density at radius 1 is 1.22 bits per heavy atom. The fraction of sp³-hybridized carbons (Fsp3) is 0.682. The number of ether oxygens (including phenoxy) is 1. The number of amides is 2. The summed E-state index contributed by atoms with van der Waals surface area (Å²) < 4.78 is 5.26. The Balaban J connectivity index is 1.88. The van der Waals surface area contributed by atoms with Gasteiger partial charge in [0.2, 0.25) is 0 Å². The lowest BCUT2D eigenvalue weighted by Crippen LogP contribution is -2.46. The minimum absolute atomic E-state index is 0.145. The Kier molecular flexibility index (Phi) is 8.42. The molecule has 0 saturated carbocycles. The fourth-order valence-corrected chi connectivity index (χ4v) is 3.93. The molecule has 5 nitrogen and oxygen atoms in total. The van der Waals surface area contributed by atoms with Gasteiger partial charge < -0.3 is 19.4 Å². The maximum Gasteiger partial charge on any atom is 0.319 e. The Labute approximate surface area is 165 Å². The van der Waals surface area contributed by atoms with Gasteiger partial charge in [0.1, 0.15) is 5.75 Å². The molecule has 1 aliphatic rings. The number of hydrogen-bond donors (Lipinski definition) is 0. The van der Waals surface area contributed by atoms with E-state index in [0.29, 0.717) is 12.0 Å². The molecule has 0 aliphatic carbocycles. The van der Waals surface area contributed by atoms with E-state index in [2.05, 4.69) is 30.9 Å². The predicted octanol–water partition coefficient (Wildman–Crippen LogP) is 3.73. The number of likely N-dealkylation sites (tertiary alicyclic amines) is 1. The molecular formula is C22H37N3O2. The molecule has 152 valence electrons. The first-order valence-electron chi connectivity index (χ1n) is 10.3. The van der Waals surface area contributed by atoms with Crippen molar-refractivity contribution in [2.24, 2.45) is 5.92 Å². The van der Waals surface area contributed by atoms with Crippen LogP contribution in [-0.4, -0.2) is 74.2 Å². The van der Waals surface area contributed by atoms with E-state index in [4.69, 9.17) is 4.74 Å². The molecule has 2 amide bonds. The second kappa shape index (κ2) is 10.5. The Bertz CT molecular complexity index is 565. The number of nitrogens with zero attached hydrogens (tertiary/aromatic N) is 3. The van der Waals surface area contributed by atoms with Crippen LogP contribution in [0.25, 0.3) is 0 Å². The van der Waals surface area contributed by atoms with E-state index in [1.165, 1.54) is 12.0 Å². The molecule has 1 fully saturated rings. The van der Waals surface area contributed by atoms with Gasteiger partial charge >= 0.3 is 6.03 Å².